The molecule has 3 N–H and O–H groups in total. The summed E-state index contributed by atoms with van der Waals surface area (Å²) in [5.74, 6) is 6.75. The van der Waals surface area contributed by atoms with Crippen LogP contribution in [0.3, 0.4) is 0 Å². The second kappa shape index (κ2) is 7.97. The molecule has 1 aromatic carbocycles. The molecule has 0 heterocycles. The molecule has 17 heavy (non-hydrogen) atoms. The van der Waals surface area contributed by atoms with Crippen LogP contribution in [0.5, 0.6) is 5.75 Å². The van der Waals surface area contributed by atoms with Crippen molar-refractivity contribution < 1.29 is 9.53 Å². The standard InChI is InChI=1S/C12H18N2O2S/c1-16-10-5-4-6-11(9-10)17-8-3-2-7-12(15)14-13/h4-6,9H,2-3,7-8,13H2,1H3,(H,14,15). The number of hydrazine groups is 1. The van der Waals surface area contributed by atoms with Gasteiger partial charge in [0.15, 0.2) is 0 Å². The molecular formula is C12H18N2O2S. The third-order valence-electron chi connectivity index (χ3n) is 2.27. The van der Waals surface area contributed by atoms with Crippen molar-refractivity contribution in [2.45, 2.75) is 24.2 Å². The molecule has 5 heteroatoms. The molecule has 0 aromatic heterocycles. The van der Waals surface area contributed by atoms with E-state index in [0.717, 1.165) is 24.3 Å². The Labute approximate surface area is 106 Å². The molecule has 4 nitrogen and oxygen atoms in total. The topological polar surface area (TPSA) is 64.3 Å². The highest BCUT2D eigenvalue weighted by atomic mass is 32.2. The van der Waals surface area contributed by atoms with Crippen molar-refractivity contribution in [3.8, 4) is 5.75 Å². The Hall–Kier alpha value is -1.20. The van der Waals surface area contributed by atoms with E-state index in [1.165, 1.54) is 4.90 Å². The van der Waals surface area contributed by atoms with Gasteiger partial charge in [-0.3, -0.25) is 10.2 Å². The van der Waals surface area contributed by atoms with Crippen molar-refractivity contribution in [3.63, 3.8) is 0 Å². The Morgan fingerprint density at radius 3 is 3.00 bits per heavy atom. The van der Waals surface area contributed by atoms with Crippen LogP contribution >= 0.6 is 11.8 Å². The first-order valence-corrected chi connectivity index (χ1v) is 6.51. The van der Waals surface area contributed by atoms with Gasteiger partial charge in [0.2, 0.25) is 5.91 Å². The molecule has 0 saturated heterocycles. The molecule has 1 amide bonds. The van der Waals surface area contributed by atoms with Crippen LogP contribution in [0.25, 0.3) is 0 Å². The molecule has 0 fully saturated rings. The van der Waals surface area contributed by atoms with Crippen molar-refractivity contribution in [2.75, 3.05) is 12.9 Å². The van der Waals surface area contributed by atoms with Gasteiger partial charge < -0.3 is 4.74 Å². The Balaban J connectivity index is 2.19. The largest absolute Gasteiger partial charge is 0.497 e. The third kappa shape index (κ3) is 5.60. The summed E-state index contributed by atoms with van der Waals surface area (Å²) >= 11 is 1.77. The van der Waals surface area contributed by atoms with Crippen molar-refractivity contribution >= 4 is 17.7 Å². The van der Waals surface area contributed by atoms with Crippen LogP contribution < -0.4 is 16.0 Å². The van der Waals surface area contributed by atoms with Gasteiger partial charge >= 0.3 is 0 Å². The van der Waals surface area contributed by atoms with Gasteiger partial charge in [0, 0.05) is 11.3 Å². The zero-order chi connectivity index (χ0) is 12.5. The lowest BCUT2D eigenvalue weighted by Gasteiger charge is -2.04. The zero-order valence-corrected chi connectivity index (χ0v) is 10.8. The summed E-state index contributed by atoms with van der Waals surface area (Å²) in [7, 11) is 1.66. The lowest BCUT2D eigenvalue weighted by atomic mass is 10.2. The maximum Gasteiger partial charge on any atom is 0.233 e. The molecule has 94 valence electrons. The van der Waals surface area contributed by atoms with Gasteiger partial charge in [0.1, 0.15) is 5.75 Å². The average molecular weight is 254 g/mol. The van der Waals surface area contributed by atoms with Gasteiger partial charge in [-0.2, -0.15) is 0 Å². The number of ether oxygens (including phenoxy) is 1. The molecular weight excluding hydrogens is 236 g/mol. The number of benzene rings is 1. The number of carbonyl (C=O) groups is 1. The third-order valence-corrected chi connectivity index (χ3v) is 3.35. The Bertz CT molecular complexity index is 358. The van der Waals surface area contributed by atoms with Gasteiger partial charge in [-0.1, -0.05) is 6.07 Å². The molecule has 0 radical (unpaired) electrons. The second-order valence-corrected chi connectivity index (χ2v) is 4.72. The minimum absolute atomic E-state index is 0.101. The van der Waals surface area contributed by atoms with Gasteiger partial charge in [-0.15, -0.1) is 11.8 Å². The quantitative estimate of drug-likeness (QED) is 0.257. The zero-order valence-electron chi connectivity index (χ0n) is 9.94. The molecule has 0 saturated carbocycles. The normalized spacial score (nSPS) is 10.0. The number of thioether (sulfide) groups is 1. The van der Waals surface area contributed by atoms with E-state index in [1.54, 1.807) is 18.9 Å². The maximum atomic E-state index is 10.9. The SMILES string of the molecule is COc1cccc(SCCCCC(=O)NN)c1. The first-order chi connectivity index (χ1) is 8.26. The summed E-state index contributed by atoms with van der Waals surface area (Å²) in [4.78, 5) is 12.1. The number of unbranched alkanes of at least 4 members (excludes halogenated alkanes) is 1. The number of nitrogens with one attached hydrogen (secondary N) is 1. The molecule has 0 aliphatic rings. The predicted molar refractivity (Wildman–Crippen MR) is 69.9 cm³/mol. The number of carbonyl (C=O) groups excluding carboxylic acids is 1. The van der Waals surface area contributed by atoms with E-state index in [0.29, 0.717) is 6.42 Å². The summed E-state index contributed by atoms with van der Waals surface area (Å²) in [5.41, 5.74) is 2.13. The van der Waals surface area contributed by atoms with Crippen molar-refractivity contribution in [2.24, 2.45) is 5.84 Å². The van der Waals surface area contributed by atoms with E-state index in [1.807, 2.05) is 18.2 Å². The predicted octanol–water partition coefficient (Wildman–Crippen LogP) is 1.95. The Morgan fingerprint density at radius 2 is 2.29 bits per heavy atom. The monoisotopic (exact) mass is 254 g/mol. The summed E-state index contributed by atoms with van der Waals surface area (Å²) in [6, 6.07) is 7.97. The fraction of sp³-hybridized carbons (Fsp3) is 0.417. The van der Waals surface area contributed by atoms with E-state index in [9.17, 15) is 4.79 Å². The van der Waals surface area contributed by atoms with Gasteiger partial charge in [0.25, 0.3) is 0 Å². The molecule has 0 aliphatic carbocycles. The van der Waals surface area contributed by atoms with E-state index in [2.05, 4.69) is 11.5 Å². The highest BCUT2D eigenvalue weighted by molar-refractivity contribution is 7.99. The molecule has 1 rings (SSSR count). The molecule has 0 spiro atoms. The summed E-state index contributed by atoms with van der Waals surface area (Å²) in [6.07, 6.45) is 2.35. The van der Waals surface area contributed by atoms with E-state index < -0.39 is 0 Å². The van der Waals surface area contributed by atoms with Gasteiger partial charge in [0.05, 0.1) is 7.11 Å². The number of rotatable bonds is 7. The van der Waals surface area contributed by atoms with Crippen molar-refractivity contribution in [3.05, 3.63) is 24.3 Å². The maximum absolute atomic E-state index is 10.9. The van der Waals surface area contributed by atoms with Crippen LogP contribution in [0.4, 0.5) is 0 Å². The molecule has 0 atom stereocenters. The van der Waals surface area contributed by atoms with Crippen LogP contribution in [0, 0.1) is 0 Å². The minimum atomic E-state index is -0.101. The van der Waals surface area contributed by atoms with Gasteiger partial charge in [-0.05, 0) is 36.8 Å². The minimum Gasteiger partial charge on any atom is -0.497 e. The Kier molecular flexibility index (Phi) is 6.50. The fourth-order valence-electron chi connectivity index (χ4n) is 1.34. The molecule has 0 bridgehead atoms. The molecule has 0 unspecified atom stereocenters. The second-order valence-electron chi connectivity index (χ2n) is 3.55. The fourth-order valence-corrected chi connectivity index (χ4v) is 2.30. The Morgan fingerprint density at radius 1 is 1.47 bits per heavy atom. The first-order valence-electron chi connectivity index (χ1n) is 5.52. The van der Waals surface area contributed by atoms with Crippen LogP contribution in [0.2, 0.25) is 0 Å². The van der Waals surface area contributed by atoms with Crippen LogP contribution in [-0.2, 0) is 4.79 Å². The van der Waals surface area contributed by atoms with Crippen molar-refractivity contribution in [1.82, 2.24) is 5.43 Å². The van der Waals surface area contributed by atoms with Gasteiger partial charge in [-0.25, -0.2) is 5.84 Å². The number of methoxy groups -OCH3 is 1. The van der Waals surface area contributed by atoms with E-state index in [4.69, 9.17) is 10.6 Å². The lowest BCUT2D eigenvalue weighted by molar-refractivity contribution is -0.121. The molecule has 1 aromatic rings. The first kappa shape index (κ1) is 13.9. The van der Waals surface area contributed by atoms with Crippen LogP contribution in [0.15, 0.2) is 29.2 Å². The van der Waals surface area contributed by atoms with Crippen LogP contribution in [0.1, 0.15) is 19.3 Å². The van der Waals surface area contributed by atoms with E-state index >= 15 is 0 Å². The summed E-state index contributed by atoms with van der Waals surface area (Å²) in [5, 5.41) is 0. The lowest BCUT2D eigenvalue weighted by Crippen LogP contribution is -2.29. The highest BCUT2D eigenvalue weighted by Crippen LogP contribution is 2.23. The number of hydrogen-bond donors (Lipinski definition) is 2. The summed E-state index contributed by atoms with van der Waals surface area (Å²) in [6.45, 7) is 0. The average Bonchev–Trinajstić information content (AvgIpc) is 2.38. The molecule has 0 aliphatic heterocycles. The number of nitrogens with two attached hydrogens (primary N) is 1. The summed E-state index contributed by atoms with van der Waals surface area (Å²) < 4.78 is 5.15. The highest BCUT2D eigenvalue weighted by Gasteiger charge is 1.99. The van der Waals surface area contributed by atoms with Crippen LogP contribution in [-0.4, -0.2) is 18.8 Å². The number of amides is 1. The van der Waals surface area contributed by atoms with Crippen molar-refractivity contribution in [1.29, 1.82) is 0 Å². The van der Waals surface area contributed by atoms with E-state index in [-0.39, 0.29) is 5.91 Å². The smallest absolute Gasteiger partial charge is 0.233 e. The number of hydrogen-bond acceptors (Lipinski definition) is 4.